The van der Waals surface area contributed by atoms with Crippen molar-refractivity contribution >= 4 is 10.0 Å². The van der Waals surface area contributed by atoms with Crippen LogP contribution >= 0.6 is 0 Å². The molecule has 124 valence electrons. The van der Waals surface area contributed by atoms with Crippen LogP contribution in [0.5, 0.6) is 5.75 Å². The highest BCUT2D eigenvalue weighted by molar-refractivity contribution is 7.89. The van der Waals surface area contributed by atoms with Crippen molar-refractivity contribution in [2.45, 2.75) is 18.7 Å². The summed E-state index contributed by atoms with van der Waals surface area (Å²) in [5.74, 6) is 0.162. The summed E-state index contributed by atoms with van der Waals surface area (Å²) in [6, 6.07) is 10.7. The van der Waals surface area contributed by atoms with E-state index >= 15 is 0 Å². The van der Waals surface area contributed by atoms with E-state index in [0.717, 1.165) is 11.1 Å². The van der Waals surface area contributed by atoms with Gasteiger partial charge in [-0.15, -0.1) is 0 Å². The van der Waals surface area contributed by atoms with Gasteiger partial charge in [0.05, 0.1) is 4.90 Å². The first-order chi connectivity index (χ1) is 10.8. The van der Waals surface area contributed by atoms with Crippen LogP contribution in [0.15, 0.2) is 47.4 Å². The van der Waals surface area contributed by atoms with Crippen molar-refractivity contribution in [1.82, 2.24) is 4.31 Å². The van der Waals surface area contributed by atoms with Crippen molar-refractivity contribution < 1.29 is 17.5 Å². The standard InChI is InChI=1S/C17H20FNO3S/c1-13-4-9-17(12-14(13)2)23(20,21)19(3)10-11-22-16-7-5-15(18)6-8-16/h4-9,12H,10-11H2,1-3H3. The van der Waals surface area contributed by atoms with Gasteiger partial charge in [-0.25, -0.2) is 12.8 Å². The summed E-state index contributed by atoms with van der Waals surface area (Å²) >= 11 is 0. The highest BCUT2D eigenvalue weighted by Gasteiger charge is 2.20. The summed E-state index contributed by atoms with van der Waals surface area (Å²) in [7, 11) is -2.03. The van der Waals surface area contributed by atoms with Crippen molar-refractivity contribution in [2.24, 2.45) is 0 Å². The van der Waals surface area contributed by atoms with Crippen molar-refractivity contribution in [2.75, 3.05) is 20.2 Å². The number of benzene rings is 2. The molecule has 0 spiro atoms. The molecule has 0 saturated heterocycles. The Morgan fingerprint density at radius 1 is 1.04 bits per heavy atom. The smallest absolute Gasteiger partial charge is 0.242 e. The molecule has 2 rings (SSSR count). The van der Waals surface area contributed by atoms with Crippen LogP contribution in [0.25, 0.3) is 0 Å². The Kier molecular flexibility index (Phi) is 5.38. The van der Waals surface area contributed by atoms with Crippen LogP contribution in [0.1, 0.15) is 11.1 Å². The molecule has 0 aliphatic rings. The molecule has 2 aromatic rings. The summed E-state index contributed by atoms with van der Waals surface area (Å²) in [6.45, 7) is 4.21. The zero-order chi connectivity index (χ0) is 17.0. The summed E-state index contributed by atoms with van der Waals surface area (Å²) in [4.78, 5) is 0.268. The number of halogens is 1. The van der Waals surface area contributed by atoms with E-state index in [1.54, 1.807) is 18.2 Å². The van der Waals surface area contributed by atoms with Crippen LogP contribution in [0.2, 0.25) is 0 Å². The average Bonchev–Trinajstić information content (AvgIpc) is 2.51. The van der Waals surface area contributed by atoms with Crippen molar-refractivity contribution in [3.63, 3.8) is 0 Å². The predicted octanol–water partition coefficient (Wildman–Crippen LogP) is 3.14. The third-order valence-electron chi connectivity index (χ3n) is 3.68. The molecular weight excluding hydrogens is 317 g/mol. The summed E-state index contributed by atoms with van der Waals surface area (Å²) in [6.07, 6.45) is 0. The van der Waals surface area contributed by atoms with Gasteiger partial charge in [0.25, 0.3) is 0 Å². The number of nitrogens with zero attached hydrogens (tertiary/aromatic N) is 1. The Labute approximate surface area is 136 Å². The number of ether oxygens (including phenoxy) is 1. The molecule has 6 heteroatoms. The monoisotopic (exact) mass is 337 g/mol. The van der Waals surface area contributed by atoms with Crippen LogP contribution in [-0.2, 0) is 10.0 Å². The van der Waals surface area contributed by atoms with E-state index in [1.807, 2.05) is 13.8 Å². The second-order valence-corrected chi connectivity index (χ2v) is 7.42. The van der Waals surface area contributed by atoms with Gasteiger partial charge in [-0.2, -0.15) is 4.31 Å². The van der Waals surface area contributed by atoms with E-state index in [1.165, 1.54) is 35.6 Å². The van der Waals surface area contributed by atoms with Crippen LogP contribution in [0.4, 0.5) is 4.39 Å². The first-order valence-electron chi connectivity index (χ1n) is 7.22. The fourth-order valence-corrected chi connectivity index (χ4v) is 3.24. The number of sulfonamides is 1. The molecule has 0 saturated carbocycles. The first-order valence-corrected chi connectivity index (χ1v) is 8.66. The quantitative estimate of drug-likeness (QED) is 0.813. The van der Waals surface area contributed by atoms with E-state index in [4.69, 9.17) is 4.74 Å². The highest BCUT2D eigenvalue weighted by Crippen LogP contribution is 2.18. The molecule has 23 heavy (non-hydrogen) atoms. The van der Waals surface area contributed by atoms with Crippen LogP contribution in [-0.4, -0.2) is 32.9 Å². The first kappa shape index (κ1) is 17.4. The zero-order valence-corrected chi connectivity index (χ0v) is 14.2. The lowest BCUT2D eigenvalue weighted by Crippen LogP contribution is -2.31. The van der Waals surface area contributed by atoms with E-state index in [0.29, 0.717) is 5.75 Å². The number of hydrogen-bond acceptors (Lipinski definition) is 3. The van der Waals surface area contributed by atoms with Crippen LogP contribution in [0, 0.1) is 19.7 Å². The minimum Gasteiger partial charge on any atom is -0.492 e. The number of rotatable bonds is 6. The maximum atomic E-state index is 12.8. The van der Waals surface area contributed by atoms with Gasteiger partial charge in [-0.1, -0.05) is 6.07 Å². The van der Waals surface area contributed by atoms with Crippen LogP contribution in [0.3, 0.4) is 0 Å². The molecule has 0 aliphatic heterocycles. The average molecular weight is 337 g/mol. The third kappa shape index (κ3) is 4.30. The molecule has 0 unspecified atom stereocenters. The summed E-state index contributed by atoms with van der Waals surface area (Å²) in [5, 5.41) is 0. The molecule has 0 amide bonds. The normalized spacial score (nSPS) is 11.7. The highest BCUT2D eigenvalue weighted by atomic mass is 32.2. The maximum Gasteiger partial charge on any atom is 0.242 e. The van der Waals surface area contributed by atoms with Gasteiger partial charge in [0.15, 0.2) is 0 Å². The largest absolute Gasteiger partial charge is 0.492 e. The van der Waals surface area contributed by atoms with E-state index in [2.05, 4.69) is 0 Å². The molecule has 2 aromatic carbocycles. The molecule has 0 atom stereocenters. The van der Waals surface area contributed by atoms with Gasteiger partial charge >= 0.3 is 0 Å². The molecule has 0 aromatic heterocycles. The molecule has 4 nitrogen and oxygen atoms in total. The Bertz CT molecular complexity index is 773. The Hall–Kier alpha value is -1.92. The molecule has 0 aliphatic carbocycles. The fraction of sp³-hybridized carbons (Fsp3) is 0.294. The topological polar surface area (TPSA) is 46.6 Å². The molecule has 0 radical (unpaired) electrons. The molecule has 0 bridgehead atoms. The minimum absolute atomic E-state index is 0.187. The third-order valence-corrected chi connectivity index (χ3v) is 5.53. The lowest BCUT2D eigenvalue weighted by Gasteiger charge is -2.18. The van der Waals surface area contributed by atoms with E-state index in [-0.39, 0.29) is 23.9 Å². The van der Waals surface area contributed by atoms with Gasteiger partial charge in [0.2, 0.25) is 10.0 Å². The van der Waals surface area contributed by atoms with Crippen molar-refractivity contribution in [3.8, 4) is 5.75 Å². The second-order valence-electron chi connectivity index (χ2n) is 5.38. The van der Waals surface area contributed by atoms with Crippen molar-refractivity contribution in [3.05, 3.63) is 59.4 Å². The Balaban J connectivity index is 1.99. The zero-order valence-electron chi connectivity index (χ0n) is 13.4. The SMILES string of the molecule is Cc1ccc(S(=O)(=O)N(C)CCOc2ccc(F)cc2)cc1C. The fourth-order valence-electron chi connectivity index (χ4n) is 2.00. The molecular formula is C17H20FNO3S. The minimum atomic E-state index is -3.55. The number of aryl methyl sites for hydroxylation is 2. The molecule has 0 fully saturated rings. The number of likely N-dealkylation sites (N-methyl/N-ethyl adjacent to an activating group) is 1. The van der Waals surface area contributed by atoms with E-state index in [9.17, 15) is 12.8 Å². The molecule has 0 N–H and O–H groups in total. The van der Waals surface area contributed by atoms with Gasteiger partial charge in [-0.3, -0.25) is 0 Å². The van der Waals surface area contributed by atoms with Gasteiger partial charge in [0, 0.05) is 13.6 Å². The lowest BCUT2D eigenvalue weighted by molar-refractivity contribution is 0.286. The maximum absolute atomic E-state index is 12.8. The van der Waals surface area contributed by atoms with E-state index < -0.39 is 10.0 Å². The summed E-state index contributed by atoms with van der Waals surface area (Å²) in [5.41, 5.74) is 1.98. The van der Waals surface area contributed by atoms with Gasteiger partial charge in [-0.05, 0) is 61.4 Å². The molecule has 0 heterocycles. The Morgan fingerprint density at radius 3 is 2.30 bits per heavy atom. The lowest BCUT2D eigenvalue weighted by atomic mass is 10.1. The van der Waals surface area contributed by atoms with Gasteiger partial charge in [0.1, 0.15) is 18.2 Å². The predicted molar refractivity (Wildman–Crippen MR) is 87.6 cm³/mol. The van der Waals surface area contributed by atoms with Gasteiger partial charge < -0.3 is 4.74 Å². The number of hydrogen-bond donors (Lipinski definition) is 0. The second kappa shape index (κ2) is 7.10. The van der Waals surface area contributed by atoms with Crippen LogP contribution < -0.4 is 4.74 Å². The van der Waals surface area contributed by atoms with Crippen molar-refractivity contribution in [1.29, 1.82) is 0 Å². The Morgan fingerprint density at radius 2 is 1.70 bits per heavy atom. The summed E-state index contributed by atoms with van der Waals surface area (Å²) < 4.78 is 44.5.